The van der Waals surface area contributed by atoms with Crippen LogP contribution in [0.3, 0.4) is 0 Å². The van der Waals surface area contributed by atoms with Crippen LogP contribution < -0.4 is 9.64 Å². The topological polar surface area (TPSA) is 96.6 Å². The highest BCUT2D eigenvalue weighted by Crippen LogP contribution is 2.31. The van der Waals surface area contributed by atoms with Gasteiger partial charge in [0.1, 0.15) is 5.75 Å². The van der Waals surface area contributed by atoms with Crippen molar-refractivity contribution < 1.29 is 14.6 Å². The largest absolute Gasteiger partial charge is 0.497 e. The van der Waals surface area contributed by atoms with Crippen molar-refractivity contribution in [1.82, 2.24) is 25.1 Å². The first kappa shape index (κ1) is 24.4. The molecular weight excluding hydrogens is 444 g/mol. The summed E-state index contributed by atoms with van der Waals surface area (Å²) in [6.07, 6.45) is 2.61. The third-order valence-corrected chi connectivity index (χ3v) is 6.38. The number of carbonyl (C=O) groups is 1. The lowest BCUT2D eigenvalue weighted by atomic mass is 9.98. The van der Waals surface area contributed by atoms with E-state index < -0.39 is 5.97 Å². The van der Waals surface area contributed by atoms with Gasteiger partial charge in [0.2, 0.25) is 5.82 Å². The highest BCUT2D eigenvalue weighted by atomic mass is 16.5. The fraction of sp³-hybridized carbons (Fsp3) is 0.385. The second kappa shape index (κ2) is 10.7. The van der Waals surface area contributed by atoms with E-state index in [0.717, 1.165) is 52.6 Å². The quantitative estimate of drug-likeness (QED) is 0.471. The molecule has 35 heavy (non-hydrogen) atoms. The molecule has 2 heterocycles. The summed E-state index contributed by atoms with van der Waals surface area (Å²) < 4.78 is 5.66. The lowest BCUT2D eigenvalue weighted by Crippen LogP contribution is -2.56. The van der Waals surface area contributed by atoms with Crippen molar-refractivity contribution in [3.8, 4) is 17.1 Å². The van der Waals surface area contributed by atoms with E-state index in [2.05, 4.69) is 63.8 Å². The van der Waals surface area contributed by atoms with Crippen molar-refractivity contribution in [3.05, 3.63) is 66.2 Å². The molecule has 0 unspecified atom stereocenters. The van der Waals surface area contributed by atoms with Gasteiger partial charge < -0.3 is 14.7 Å². The summed E-state index contributed by atoms with van der Waals surface area (Å²) in [6, 6.07) is 15.0. The molecule has 0 saturated carbocycles. The fourth-order valence-electron chi connectivity index (χ4n) is 4.66. The molecule has 0 amide bonds. The molecule has 0 bridgehead atoms. The van der Waals surface area contributed by atoms with Crippen LogP contribution in [0.25, 0.3) is 11.4 Å². The SMILES string of the molecule is C=CCN1C[C@H](C)N(c2cc(Cc3ccccc3-c3nnn(CC(=O)O)n3)cc(OC)c2)C[C@H]1C. The molecule has 4 rings (SSSR count). The minimum Gasteiger partial charge on any atom is -0.497 e. The molecular formula is C26H32N6O3. The summed E-state index contributed by atoms with van der Waals surface area (Å²) in [7, 11) is 1.69. The Labute approximate surface area is 205 Å². The molecule has 1 aliphatic rings. The molecule has 1 N–H and O–H groups in total. The van der Waals surface area contributed by atoms with E-state index in [1.807, 2.05) is 30.3 Å². The Hall–Kier alpha value is -3.72. The number of piperazine rings is 1. The molecule has 1 saturated heterocycles. The molecule has 9 nitrogen and oxygen atoms in total. The lowest BCUT2D eigenvalue weighted by molar-refractivity contribution is -0.138. The first-order valence-electron chi connectivity index (χ1n) is 11.7. The Morgan fingerprint density at radius 1 is 1.20 bits per heavy atom. The second-order valence-corrected chi connectivity index (χ2v) is 9.00. The Bertz CT molecular complexity index is 1190. The van der Waals surface area contributed by atoms with Crippen LogP contribution in [0.15, 0.2) is 55.1 Å². The summed E-state index contributed by atoms with van der Waals surface area (Å²) in [5.74, 6) is 0.208. The van der Waals surface area contributed by atoms with E-state index >= 15 is 0 Å². The minimum atomic E-state index is -1.01. The van der Waals surface area contributed by atoms with Crippen molar-refractivity contribution in [3.63, 3.8) is 0 Å². The zero-order valence-corrected chi connectivity index (χ0v) is 20.5. The van der Waals surface area contributed by atoms with Gasteiger partial charge in [-0.2, -0.15) is 4.80 Å². The van der Waals surface area contributed by atoms with E-state index in [4.69, 9.17) is 9.84 Å². The van der Waals surface area contributed by atoms with Gasteiger partial charge in [0.15, 0.2) is 6.54 Å². The lowest BCUT2D eigenvalue weighted by Gasteiger charge is -2.45. The number of hydrogen-bond acceptors (Lipinski definition) is 7. The zero-order chi connectivity index (χ0) is 24.9. The van der Waals surface area contributed by atoms with E-state index in [1.54, 1.807) is 7.11 Å². The number of ether oxygens (including phenoxy) is 1. The summed E-state index contributed by atoms with van der Waals surface area (Å²) in [4.78, 5) is 17.0. The van der Waals surface area contributed by atoms with Gasteiger partial charge in [-0.3, -0.25) is 9.69 Å². The Morgan fingerprint density at radius 3 is 2.74 bits per heavy atom. The van der Waals surface area contributed by atoms with Crippen LogP contribution in [0.1, 0.15) is 25.0 Å². The van der Waals surface area contributed by atoms with Crippen LogP contribution in [0.2, 0.25) is 0 Å². The third kappa shape index (κ3) is 5.68. The molecule has 0 radical (unpaired) electrons. The van der Waals surface area contributed by atoms with Crippen molar-refractivity contribution >= 4 is 11.7 Å². The summed E-state index contributed by atoms with van der Waals surface area (Å²) in [6.45, 7) is 10.9. The molecule has 0 aliphatic carbocycles. The molecule has 2 atom stereocenters. The molecule has 9 heteroatoms. The number of carboxylic acid groups (broad SMARTS) is 1. The molecule has 1 aromatic heterocycles. The van der Waals surface area contributed by atoms with Crippen molar-refractivity contribution in [2.45, 2.75) is 38.9 Å². The fourth-order valence-corrected chi connectivity index (χ4v) is 4.66. The number of tetrazole rings is 1. The van der Waals surface area contributed by atoms with Crippen molar-refractivity contribution in [1.29, 1.82) is 0 Å². The average Bonchev–Trinajstić information content (AvgIpc) is 3.29. The Kier molecular flexibility index (Phi) is 7.45. The van der Waals surface area contributed by atoms with Gasteiger partial charge in [0, 0.05) is 49.0 Å². The van der Waals surface area contributed by atoms with Crippen LogP contribution in [-0.2, 0) is 17.8 Å². The van der Waals surface area contributed by atoms with Crippen LogP contribution in [0.4, 0.5) is 5.69 Å². The van der Waals surface area contributed by atoms with Gasteiger partial charge in [0.05, 0.1) is 7.11 Å². The predicted molar refractivity (Wildman–Crippen MR) is 135 cm³/mol. The number of anilines is 1. The highest BCUT2D eigenvalue weighted by molar-refractivity contribution is 5.66. The molecule has 1 aliphatic heterocycles. The zero-order valence-electron chi connectivity index (χ0n) is 20.5. The van der Waals surface area contributed by atoms with E-state index in [-0.39, 0.29) is 6.54 Å². The maximum Gasteiger partial charge on any atom is 0.327 e. The first-order chi connectivity index (χ1) is 16.9. The number of nitrogens with zero attached hydrogens (tertiary/aromatic N) is 6. The van der Waals surface area contributed by atoms with Crippen LogP contribution in [-0.4, -0.2) is 75.0 Å². The van der Waals surface area contributed by atoms with Crippen molar-refractivity contribution in [2.24, 2.45) is 0 Å². The number of aliphatic carboxylic acids is 1. The highest BCUT2D eigenvalue weighted by Gasteiger charge is 2.29. The predicted octanol–water partition coefficient (Wildman–Crippen LogP) is 3.11. The number of hydrogen-bond donors (Lipinski definition) is 1. The average molecular weight is 477 g/mol. The number of methoxy groups -OCH3 is 1. The van der Waals surface area contributed by atoms with Gasteiger partial charge >= 0.3 is 5.97 Å². The molecule has 0 spiro atoms. The maximum atomic E-state index is 11.0. The molecule has 3 aromatic rings. The number of benzene rings is 2. The minimum absolute atomic E-state index is 0.328. The summed E-state index contributed by atoms with van der Waals surface area (Å²) >= 11 is 0. The Balaban J connectivity index is 1.62. The number of rotatable bonds is 9. The van der Waals surface area contributed by atoms with E-state index in [9.17, 15) is 4.79 Å². The third-order valence-electron chi connectivity index (χ3n) is 6.38. The molecule has 2 aromatic carbocycles. The monoisotopic (exact) mass is 476 g/mol. The molecule has 184 valence electrons. The van der Waals surface area contributed by atoms with Crippen LogP contribution >= 0.6 is 0 Å². The van der Waals surface area contributed by atoms with Gasteiger partial charge in [0.25, 0.3) is 0 Å². The van der Waals surface area contributed by atoms with Gasteiger partial charge in [-0.15, -0.1) is 16.8 Å². The summed E-state index contributed by atoms with van der Waals surface area (Å²) in [5.41, 5.74) is 4.10. The number of carboxylic acids is 1. The van der Waals surface area contributed by atoms with E-state index in [1.165, 1.54) is 0 Å². The Morgan fingerprint density at radius 2 is 2.00 bits per heavy atom. The van der Waals surface area contributed by atoms with Crippen molar-refractivity contribution in [2.75, 3.05) is 31.6 Å². The van der Waals surface area contributed by atoms with Gasteiger partial charge in [-0.1, -0.05) is 30.3 Å². The van der Waals surface area contributed by atoms with E-state index in [0.29, 0.717) is 24.3 Å². The first-order valence-corrected chi connectivity index (χ1v) is 11.7. The van der Waals surface area contributed by atoms with Gasteiger partial charge in [-0.25, -0.2) is 0 Å². The van der Waals surface area contributed by atoms with Crippen LogP contribution in [0, 0.1) is 0 Å². The second-order valence-electron chi connectivity index (χ2n) is 9.00. The normalized spacial score (nSPS) is 18.4. The standard InChI is InChI=1S/C26H32N6O3/c1-5-10-30-15-19(3)31(16-18(30)2)22-12-20(13-23(14-22)35-4)11-21-8-6-7-9-24(21)26-27-29-32(28-26)17-25(33)34/h5-9,12-14,18-19H,1,10-11,15-17H2,2-4H3,(H,33,34)/t18-,19+/m1/s1. The maximum absolute atomic E-state index is 11.0. The van der Waals surface area contributed by atoms with Gasteiger partial charge in [-0.05, 0) is 48.7 Å². The number of aromatic nitrogens is 4. The van der Waals surface area contributed by atoms with Crippen LogP contribution in [0.5, 0.6) is 5.75 Å². The molecule has 1 fully saturated rings. The summed E-state index contributed by atoms with van der Waals surface area (Å²) in [5, 5.41) is 21.2. The smallest absolute Gasteiger partial charge is 0.327 e.